The van der Waals surface area contributed by atoms with Crippen LogP contribution in [-0.2, 0) is 19.1 Å². The van der Waals surface area contributed by atoms with E-state index in [2.05, 4.69) is 24.9 Å². The van der Waals surface area contributed by atoms with E-state index >= 15 is 0 Å². The van der Waals surface area contributed by atoms with Crippen LogP contribution in [0.5, 0.6) is 0 Å². The second kappa shape index (κ2) is 5.95. The molecule has 0 saturated heterocycles. The first-order chi connectivity index (χ1) is 11.4. The Morgan fingerprint density at radius 2 is 2.12 bits per heavy atom. The Hall–Kier alpha value is -2.91. The van der Waals surface area contributed by atoms with E-state index in [9.17, 15) is 18.0 Å². The van der Waals surface area contributed by atoms with Crippen LogP contribution in [-0.4, -0.2) is 24.9 Å². The van der Waals surface area contributed by atoms with Crippen LogP contribution in [0.4, 0.5) is 13.2 Å². The van der Waals surface area contributed by atoms with Gasteiger partial charge in [-0.25, -0.2) is 14.3 Å². The molecule has 0 spiro atoms. The summed E-state index contributed by atoms with van der Waals surface area (Å²) in [6.45, 7) is 1.83. The molecule has 0 unspecified atom stereocenters. The Morgan fingerprint density at radius 1 is 1.33 bits per heavy atom. The number of nitrogens with one attached hydrogen (secondary N) is 1. The lowest BCUT2D eigenvalue weighted by Gasteiger charge is -2.08. The van der Waals surface area contributed by atoms with Gasteiger partial charge in [0.25, 0.3) is 0 Å². The van der Waals surface area contributed by atoms with E-state index in [0.717, 1.165) is 16.7 Å². The molecule has 0 bridgehead atoms. The van der Waals surface area contributed by atoms with Crippen molar-refractivity contribution in [3.8, 4) is 11.4 Å². The summed E-state index contributed by atoms with van der Waals surface area (Å²) >= 11 is 0. The summed E-state index contributed by atoms with van der Waals surface area (Å²) in [6, 6.07) is 4.51. The standard InChI is InChI=1S/C14H12F3N5O2/c1-2-10-18-11(20-19-10)7-22-12(21-24-13(22)23)8-4-3-5-9(6-8)14(15,16)17/h3-6H,2,7H2,1H3,(H,18,19,20). The van der Waals surface area contributed by atoms with E-state index in [1.165, 1.54) is 12.1 Å². The highest BCUT2D eigenvalue weighted by atomic mass is 19.4. The molecule has 1 N–H and O–H groups in total. The number of hydrogen-bond acceptors (Lipinski definition) is 5. The topological polar surface area (TPSA) is 89.6 Å². The first-order valence-electron chi connectivity index (χ1n) is 7.02. The lowest BCUT2D eigenvalue weighted by atomic mass is 10.1. The molecule has 3 aromatic rings. The van der Waals surface area contributed by atoms with Gasteiger partial charge < -0.3 is 0 Å². The molecule has 126 valence electrons. The van der Waals surface area contributed by atoms with Crippen LogP contribution in [0, 0.1) is 0 Å². The normalized spacial score (nSPS) is 11.8. The van der Waals surface area contributed by atoms with E-state index in [0.29, 0.717) is 18.1 Å². The second-order valence-electron chi connectivity index (χ2n) is 4.99. The van der Waals surface area contributed by atoms with Crippen molar-refractivity contribution in [3.05, 3.63) is 52.0 Å². The highest BCUT2D eigenvalue weighted by Crippen LogP contribution is 2.31. The molecule has 0 amide bonds. The lowest BCUT2D eigenvalue weighted by molar-refractivity contribution is -0.137. The molecule has 3 rings (SSSR count). The third kappa shape index (κ3) is 3.07. The number of hydrogen-bond donors (Lipinski definition) is 1. The van der Waals surface area contributed by atoms with Crippen molar-refractivity contribution in [3.63, 3.8) is 0 Å². The number of alkyl halides is 3. The number of H-pyrrole nitrogens is 1. The Bertz CT molecular complexity index is 910. The maximum atomic E-state index is 12.8. The van der Waals surface area contributed by atoms with Gasteiger partial charge in [0.05, 0.1) is 12.1 Å². The molecule has 1 aromatic carbocycles. The van der Waals surface area contributed by atoms with Gasteiger partial charge in [-0.3, -0.25) is 9.62 Å². The number of aryl methyl sites for hydroxylation is 1. The van der Waals surface area contributed by atoms with Crippen molar-refractivity contribution in [1.82, 2.24) is 24.9 Å². The monoisotopic (exact) mass is 339 g/mol. The highest BCUT2D eigenvalue weighted by Gasteiger charge is 2.31. The van der Waals surface area contributed by atoms with Crippen molar-refractivity contribution in [2.45, 2.75) is 26.1 Å². The largest absolute Gasteiger partial charge is 0.442 e. The average molecular weight is 339 g/mol. The van der Waals surface area contributed by atoms with Crippen LogP contribution in [0.2, 0.25) is 0 Å². The van der Waals surface area contributed by atoms with E-state index in [-0.39, 0.29) is 17.9 Å². The summed E-state index contributed by atoms with van der Waals surface area (Å²) in [5.74, 6) is 0.137. The average Bonchev–Trinajstić information content (AvgIpc) is 3.15. The van der Waals surface area contributed by atoms with Crippen LogP contribution in [0.15, 0.2) is 33.6 Å². The molecule has 0 aliphatic heterocycles. The first-order valence-corrected chi connectivity index (χ1v) is 7.02. The molecule has 2 heterocycles. The molecular weight excluding hydrogens is 327 g/mol. The SMILES string of the molecule is CCc1n[nH]c(Cn2c(-c3cccc(C(F)(F)F)c3)noc2=O)n1. The maximum absolute atomic E-state index is 12.8. The van der Waals surface area contributed by atoms with Crippen molar-refractivity contribution in [2.75, 3.05) is 0 Å². The van der Waals surface area contributed by atoms with Crippen LogP contribution >= 0.6 is 0 Å². The molecule has 0 radical (unpaired) electrons. The fourth-order valence-corrected chi connectivity index (χ4v) is 2.16. The van der Waals surface area contributed by atoms with Crippen molar-refractivity contribution < 1.29 is 17.7 Å². The fraction of sp³-hybridized carbons (Fsp3) is 0.286. The third-order valence-corrected chi connectivity index (χ3v) is 3.34. The minimum Gasteiger partial charge on any atom is -0.295 e. The number of halogens is 3. The summed E-state index contributed by atoms with van der Waals surface area (Å²) in [7, 11) is 0. The number of rotatable bonds is 4. The van der Waals surface area contributed by atoms with Crippen LogP contribution in [0.3, 0.4) is 0 Å². The van der Waals surface area contributed by atoms with Gasteiger partial charge in [-0.15, -0.1) is 0 Å². The van der Waals surface area contributed by atoms with Gasteiger partial charge in [-0.05, 0) is 12.1 Å². The van der Waals surface area contributed by atoms with Gasteiger partial charge in [0.15, 0.2) is 11.6 Å². The zero-order valence-electron chi connectivity index (χ0n) is 12.5. The Kier molecular flexibility index (Phi) is 3.96. The van der Waals surface area contributed by atoms with Gasteiger partial charge in [0.1, 0.15) is 5.82 Å². The Morgan fingerprint density at radius 3 is 2.79 bits per heavy atom. The predicted molar refractivity (Wildman–Crippen MR) is 76.1 cm³/mol. The molecule has 24 heavy (non-hydrogen) atoms. The molecule has 0 aliphatic carbocycles. The van der Waals surface area contributed by atoms with Crippen molar-refractivity contribution >= 4 is 0 Å². The van der Waals surface area contributed by atoms with E-state index in [4.69, 9.17) is 0 Å². The Labute approximate surface area is 133 Å². The molecular formula is C14H12F3N5O2. The quantitative estimate of drug-likeness (QED) is 0.787. The number of aromatic amines is 1. The molecule has 2 aromatic heterocycles. The minimum absolute atomic E-state index is 0.0134. The predicted octanol–water partition coefficient (Wildman–Crippen LogP) is 2.25. The molecule has 10 heteroatoms. The van der Waals surface area contributed by atoms with Crippen LogP contribution < -0.4 is 5.76 Å². The van der Waals surface area contributed by atoms with Gasteiger partial charge in [-0.1, -0.05) is 24.2 Å². The first kappa shape index (κ1) is 16.0. The molecule has 0 saturated carbocycles. The molecule has 0 aliphatic rings. The van der Waals surface area contributed by atoms with Gasteiger partial charge >= 0.3 is 11.9 Å². The molecule has 0 fully saturated rings. The molecule has 7 nitrogen and oxygen atoms in total. The second-order valence-corrected chi connectivity index (χ2v) is 4.99. The number of benzene rings is 1. The highest BCUT2D eigenvalue weighted by molar-refractivity contribution is 5.56. The lowest BCUT2D eigenvalue weighted by Crippen LogP contribution is -2.17. The van der Waals surface area contributed by atoms with E-state index < -0.39 is 17.5 Å². The van der Waals surface area contributed by atoms with E-state index in [1.54, 1.807) is 0 Å². The zero-order valence-corrected chi connectivity index (χ0v) is 12.5. The van der Waals surface area contributed by atoms with Crippen LogP contribution in [0.25, 0.3) is 11.4 Å². The summed E-state index contributed by atoms with van der Waals surface area (Å²) in [6.07, 6.45) is -3.89. The third-order valence-electron chi connectivity index (χ3n) is 3.34. The van der Waals surface area contributed by atoms with E-state index in [1.807, 2.05) is 6.92 Å². The fourth-order valence-electron chi connectivity index (χ4n) is 2.16. The number of aromatic nitrogens is 5. The summed E-state index contributed by atoms with van der Waals surface area (Å²) < 4.78 is 44.2. The summed E-state index contributed by atoms with van der Waals surface area (Å²) in [5, 5.41) is 10.2. The summed E-state index contributed by atoms with van der Waals surface area (Å²) in [5.41, 5.74) is -0.721. The van der Waals surface area contributed by atoms with Crippen molar-refractivity contribution in [2.24, 2.45) is 0 Å². The zero-order chi connectivity index (χ0) is 17.3. The van der Waals surface area contributed by atoms with Gasteiger partial charge in [-0.2, -0.15) is 18.3 Å². The smallest absolute Gasteiger partial charge is 0.295 e. The Balaban J connectivity index is 2.00. The maximum Gasteiger partial charge on any atom is 0.442 e. The van der Waals surface area contributed by atoms with Gasteiger partial charge in [0, 0.05) is 12.0 Å². The van der Waals surface area contributed by atoms with Crippen molar-refractivity contribution in [1.29, 1.82) is 0 Å². The van der Waals surface area contributed by atoms with Gasteiger partial charge in [0.2, 0.25) is 0 Å². The molecule has 0 atom stereocenters. The summed E-state index contributed by atoms with van der Waals surface area (Å²) in [4.78, 5) is 16.0. The van der Waals surface area contributed by atoms with Crippen LogP contribution in [0.1, 0.15) is 24.1 Å². The number of nitrogens with zero attached hydrogens (tertiary/aromatic N) is 4. The minimum atomic E-state index is -4.49.